The number of nitrogens with zero attached hydrogens (tertiary/aromatic N) is 3. The SMILES string of the molecule is CNc1nc(NCC(F)F)c2cn[nH]c2n1. The van der Waals surface area contributed by atoms with Crippen molar-refractivity contribution in [2.45, 2.75) is 6.43 Å². The van der Waals surface area contributed by atoms with Crippen molar-refractivity contribution in [1.29, 1.82) is 0 Å². The van der Waals surface area contributed by atoms with Crippen LogP contribution in [0.3, 0.4) is 0 Å². The van der Waals surface area contributed by atoms with E-state index in [2.05, 4.69) is 30.8 Å². The van der Waals surface area contributed by atoms with Crippen LogP contribution in [0.5, 0.6) is 0 Å². The third kappa shape index (κ3) is 2.00. The van der Waals surface area contributed by atoms with Crippen molar-refractivity contribution in [3.63, 3.8) is 0 Å². The van der Waals surface area contributed by atoms with Crippen LogP contribution < -0.4 is 10.6 Å². The Bertz CT molecular complexity index is 482. The lowest BCUT2D eigenvalue weighted by Gasteiger charge is -2.07. The first-order valence-corrected chi connectivity index (χ1v) is 4.61. The molecule has 0 amide bonds. The van der Waals surface area contributed by atoms with Crippen LogP contribution in [0.1, 0.15) is 0 Å². The fraction of sp³-hybridized carbons (Fsp3) is 0.375. The lowest BCUT2D eigenvalue weighted by Crippen LogP contribution is -2.12. The molecule has 0 radical (unpaired) electrons. The molecule has 2 rings (SSSR count). The standard InChI is InChI=1S/C8H10F2N6/c1-11-8-14-6(12-3-5(9)10)4-2-13-16-7(4)15-8/h2,5H,3H2,1H3,(H3,11,12,13,14,15,16). The molecule has 16 heavy (non-hydrogen) atoms. The molecule has 3 N–H and O–H groups in total. The summed E-state index contributed by atoms with van der Waals surface area (Å²) >= 11 is 0. The minimum Gasteiger partial charge on any atom is -0.364 e. The van der Waals surface area contributed by atoms with Crippen molar-refractivity contribution in [3.05, 3.63) is 6.20 Å². The number of hydrogen-bond donors (Lipinski definition) is 3. The zero-order chi connectivity index (χ0) is 11.5. The van der Waals surface area contributed by atoms with Gasteiger partial charge in [0.2, 0.25) is 5.95 Å². The summed E-state index contributed by atoms with van der Waals surface area (Å²) in [5.41, 5.74) is 0.496. The molecule has 0 aromatic carbocycles. The summed E-state index contributed by atoms with van der Waals surface area (Å²) in [5, 5.41) is 12.3. The molecule has 0 aliphatic rings. The molecule has 2 aromatic heterocycles. The molecule has 8 heteroatoms. The van der Waals surface area contributed by atoms with E-state index in [0.717, 1.165) is 0 Å². The summed E-state index contributed by atoms with van der Waals surface area (Å²) in [6, 6.07) is 0. The Labute approximate surface area is 89.5 Å². The molecule has 0 aliphatic heterocycles. The van der Waals surface area contributed by atoms with E-state index in [-0.39, 0.29) is 0 Å². The first kappa shape index (κ1) is 10.5. The van der Waals surface area contributed by atoms with Crippen molar-refractivity contribution in [2.24, 2.45) is 0 Å². The van der Waals surface area contributed by atoms with Crippen molar-refractivity contribution in [2.75, 3.05) is 24.2 Å². The van der Waals surface area contributed by atoms with Crippen molar-refractivity contribution in [1.82, 2.24) is 20.2 Å². The zero-order valence-electron chi connectivity index (χ0n) is 8.46. The number of H-pyrrole nitrogens is 1. The number of hydrogen-bond acceptors (Lipinski definition) is 5. The number of alkyl halides is 2. The predicted octanol–water partition coefficient (Wildman–Crippen LogP) is 1.07. The quantitative estimate of drug-likeness (QED) is 0.729. The average molecular weight is 228 g/mol. The van der Waals surface area contributed by atoms with Crippen LogP contribution in [0.15, 0.2) is 6.20 Å². The molecule has 0 bridgehead atoms. The Kier molecular flexibility index (Phi) is 2.80. The van der Waals surface area contributed by atoms with Gasteiger partial charge in [-0.3, -0.25) is 5.10 Å². The van der Waals surface area contributed by atoms with E-state index in [9.17, 15) is 8.78 Å². The molecule has 0 atom stereocenters. The van der Waals surface area contributed by atoms with Gasteiger partial charge in [-0.05, 0) is 0 Å². The summed E-state index contributed by atoms with van der Waals surface area (Å²) in [6.45, 7) is -0.458. The highest BCUT2D eigenvalue weighted by Crippen LogP contribution is 2.19. The Balaban J connectivity index is 2.36. The van der Waals surface area contributed by atoms with Gasteiger partial charge in [-0.1, -0.05) is 0 Å². The molecule has 86 valence electrons. The smallest absolute Gasteiger partial charge is 0.255 e. The van der Waals surface area contributed by atoms with Gasteiger partial charge in [0.1, 0.15) is 5.82 Å². The second kappa shape index (κ2) is 4.25. The summed E-state index contributed by atoms with van der Waals surface area (Å²) < 4.78 is 24.2. The first-order valence-electron chi connectivity index (χ1n) is 4.61. The van der Waals surface area contributed by atoms with Crippen LogP contribution in [0, 0.1) is 0 Å². The fourth-order valence-electron chi connectivity index (χ4n) is 1.26. The van der Waals surface area contributed by atoms with Gasteiger partial charge in [-0.25, -0.2) is 8.78 Å². The normalized spacial score (nSPS) is 11.0. The van der Waals surface area contributed by atoms with Gasteiger partial charge in [0.25, 0.3) is 6.43 Å². The molecule has 0 saturated carbocycles. The minimum absolute atomic E-state index is 0.336. The summed E-state index contributed by atoms with van der Waals surface area (Å²) in [5.74, 6) is 0.678. The van der Waals surface area contributed by atoms with Gasteiger partial charge in [0, 0.05) is 7.05 Å². The monoisotopic (exact) mass is 228 g/mol. The molecular weight excluding hydrogens is 218 g/mol. The van der Waals surface area contributed by atoms with Gasteiger partial charge in [-0.2, -0.15) is 15.1 Å². The second-order valence-corrected chi connectivity index (χ2v) is 3.05. The number of nitrogens with one attached hydrogen (secondary N) is 3. The average Bonchev–Trinajstić information content (AvgIpc) is 2.73. The van der Waals surface area contributed by atoms with Gasteiger partial charge in [0.05, 0.1) is 18.1 Å². The molecular formula is C8H10F2N6. The molecule has 0 aliphatic carbocycles. The van der Waals surface area contributed by atoms with Crippen LogP contribution in [-0.2, 0) is 0 Å². The topological polar surface area (TPSA) is 78.5 Å². The minimum atomic E-state index is -2.44. The lowest BCUT2D eigenvalue weighted by molar-refractivity contribution is 0.163. The highest BCUT2D eigenvalue weighted by atomic mass is 19.3. The Morgan fingerprint density at radius 2 is 2.25 bits per heavy atom. The maximum Gasteiger partial charge on any atom is 0.255 e. The molecule has 2 heterocycles. The van der Waals surface area contributed by atoms with Gasteiger partial charge >= 0.3 is 0 Å². The van der Waals surface area contributed by atoms with E-state index >= 15 is 0 Å². The van der Waals surface area contributed by atoms with Gasteiger partial charge in [0.15, 0.2) is 5.65 Å². The number of aromatic nitrogens is 4. The van der Waals surface area contributed by atoms with Crippen molar-refractivity contribution in [3.8, 4) is 0 Å². The Hall–Kier alpha value is -1.99. The molecule has 2 aromatic rings. The lowest BCUT2D eigenvalue weighted by atomic mass is 10.4. The van der Waals surface area contributed by atoms with Gasteiger partial charge < -0.3 is 10.6 Å². The first-order chi connectivity index (χ1) is 7.70. The van der Waals surface area contributed by atoms with E-state index in [0.29, 0.717) is 22.8 Å². The number of aromatic amines is 1. The summed E-state index contributed by atoms with van der Waals surface area (Å²) in [7, 11) is 1.65. The predicted molar refractivity (Wildman–Crippen MR) is 55.7 cm³/mol. The molecule has 0 spiro atoms. The van der Waals surface area contributed by atoms with Crippen molar-refractivity contribution < 1.29 is 8.78 Å². The summed E-state index contributed by atoms with van der Waals surface area (Å²) in [6.07, 6.45) is -0.947. The van der Waals surface area contributed by atoms with E-state index < -0.39 is 13.0 Å². The maximum absolute atomic E-state index is 12.1. The third-order valence-electron chi connectivity index (χ3n) is 1.96. The Morgan fingerprint density at radius 3 is 2.94 bits per heavy atom. The van der Waals surface area contributed by atoms with Crippen LogP contribution >= 0.6 is 0 Å². The largest absolute Gasteiger partial charge is 0.364 e. The second-order valence-electron chi connectivity index (χ2n) is 3.05. The highest BCUT2D eigenvalue weighted by molar-refractivity contribution is 5.86. The number of rotatable bonds is 4. The molecule has 0 fully saturated rings. The maximum atomic E-state index is 12.1. The van der Waals surface area contributed by atoms with E-state index in [1.807, 2.05) is 0 Å². The van der Waals surface area contributed by atoms with Crippen LogP contribution in [0.4, 0.5) is 20.5 Å². The zero-order valence-corrected chi connectivity index (χ0v) is 8.46. The molecule has 0 saturated heterocycles. The third-order valence-corrected chi connectivity index (χ3v) is 1.96. The van der Waals surface area contributed by atoms with Crippen LogP contribution in [0.25, 0.3) is 11.0 Å². The van der Waals surface area contributed by atoms with Crippen molar-refractivity contribution >= 4 is 22.8 Å². The fourth-order valence-corrected chi connectivity index (χ4v) is 1.26. The molecule has 6 nitrogen and oxygen atoms in total. The van der Waals surface area contributed by atoms with E-state index in [4.69, 9.17) is 0 Å². The Morgan fingerprint density at radius 1 is 1.44 bits per heavy atom. The van der Waals surface area contributed by atoms with E-state index in [1.54, 1.807) is 7.05 Å². The van der Waals surface area contributed by atoms with Crippen LogP contribution in [-0.4, -0.2) is 40.2 Å². The highest BCUT2D eigenvalue weighted by Gasteiger charge is 2.10. The molecule has 0 unspecified atom stereocenters. The number of fused-ring (bicyclic) bond motifs is 1. The number of halogens is 2. The summed E-state index contributed by atoms with van der Waals surface area (Å²) in [4.78, 5) is 8.11. The number of anilines is 2. The van der Waals surface area contributed by atoms with Crippen LogP contribution in [0.2, 0.25) is 0 Å². The van der Waals surface area contributed by atoms with E-state index in [1.165, 1.54) is 6.20 Å². The van der Waals surface area contributed by atoms with Gasteiger partial charge in [-0.15, -0.1) is 0 Å².